The Bertz CT molecular complexity index is 485. The molecule has 1 amide bonds. The number of carbonyl (C=O) groups is 1. The van der Waals surface area contributed by atoms with Gasteiger partial charge in [-0.3, -0.25) is 4.79 Å². The van der Waals surface area contributed by atoms with E-state index in [9.17, 15) is 4.79 Å². The van der Waals surface area contributed by atoms with Crippen LogP contribution in [0.15, 0.2) is 5.38 Å². The SMILES string of the molecule is Cc1nc(C(=O)N2CCCSCC2CN2CCCC2)cs1. The van der Waals surface area contributed by atoms with Gasteiger partial charge in [-0.1, -0.05) is 0 Å². The standard InChI is InChI=1S/C15H23N3OS2/c1-12-16-14(11-21-12)15(19)18-7-4-8-20-10-13(18)9-17-5-2-3-6-17/h11,13H,2-10H2,1H3. The van der Waals surface area contributed by atoms with Crippen molar-refractivity contribution in [2.24, 2.45) is 0 Å². The van der Waals surface area contributed by atoms with Gasteiger partial charge in [0.25, 0.3) is 5.91 Å². The van der Waals surface area contributed by atoms with Gasteiger partial charge in [0.2, 0.25) is 0 Å². The van der Waals surface area contributed by atoms with Crippen molar-refractivity contribution in [3.63, 3.8) is 0 Å². The number of thiazole rings is 1. The molecule has 4 nitrogen and oxygen atoms in total. The van der Waals surface area contributed by atoms with E-state index < -0.39 is 0 Å². The summed E-state index contributed by atoms with van der Waals surface area (Å²) < 4.78 is 0. The molecule has 1 aromatic heterocycles. The molecule has 0 spiro atoms. The third-order valence-electron chi connectivity index (χ3n) is 4.21. The van der Waals surface area contributed by atoms with Crippen LogP contribution in [0, 0.1) is 6.92 Å². The van der Waals surface area contributed by atoms with Crippen LogP contribution in [0.3, 0.4) is 0 Å². The van der Waals surface area contributed by atoms with Crippen LogP contribution in [-0.2, 0) is 0 Å². The molecule has 116 valence electrons. The molecule has 0 N–H and O–H groups in total. The number of nitrogens with zero attached hydrogens (tertiary/aromatic N) is 3. The van der Waals surface area contributed by atoms with Crippen LogP contribution in [0.25, 0.3) is 0 Å². The zero-order valence-corrected chi connectivity index (χ0v) is 14.2. The van der Waals surface area contributed by atoms with Crippen molar-refractivity contribution in [2.75, 3.05) is 37.7 Å². The molecule has 2 saturated heterocycles. The van der Waals surface area contributed by atoms with E-state index in [0.717, 1.165) is 36.0 Å². The Labute approximate surface area is 134 Å². The fraction of sp³-hybridized carbons (Fsp3) is 0.733. The van der Waals surface area contributed by atoms with Crippen molar-refractivity contribution >= 4 is 29.0 Å². The van der Waals surface area contributed by atoms with Gasteiger partial charge in [0, 0.05) is 24.2 Å². The Morgan fingerprint density at radius 3 is 2.86 bits per heavy atom. The number of likely N-dealkylation sites (tertiary alicyclic amines) is 1. The number of aromatic nitrogens is 1. The lowest BCUT2D eigenvalue weighted by atomic mass is 10.2. The highest BCUT2D eigenvalue weighted by Crippen LogP contribution is 2.21. The van der Waals surface area contributed by atoms with E-state index in [-0.39, 0.29) is 5.91 Å². The van der Waals surface area contributed by atoms with Gasteiger partial charge in [-0.2, -0.15) is 11.8 Å². The van der Waals surface area contributed by atoms with Crippen LogP contribution >= 0.6 is 23.1 Å². The van der Waals surface area contributed by atoms with Crippen molar-refractivity contribution in [1.29, 1.82) is 0 Å². The van der Waals surface area contributed by atoms with E-state index in [1.165, 1.54) is 25.9 Å². The Hall–Kier alpha value is -0.590. The number of aryl methyl sites for hydroxylation is 1. The first-order valence-electron chi connectivity index (χ1n) is 7.77. The lowest BCUT2D eigenvalue weighted by Crippen LogP contribution is -2.47. The summed E-state index contributed by atoms with van der Waals surface area (Å²) in [6.45, 7) is 6.25. The molecule has 1 atom stereocenters. The van der Waals surface area contributed by atoms with Gasteiger partial charge in [0.1, 0.15) is 5.69 Å². The fourth-order valence-electron chi connectivity index (χ4n) is 3.12. The Kier molecular flexibility index (Phi) is 5.19. The monoisotopic (exact) mass is 325 g/mol. The molecule has 0 bridgehead atoms. The molecule has 0 aromatic carbocycles. The number of rotatable bonds is 3. The molecule has 0 aliphatic carbocycles. The minimum Gasteiger partial charge on any atom is -0.332 e. The first-order chi connectivity index (χ1) is 10.2. The predicted octanol–water partition coefficient (Wildman–Crippen LogP) is 2.50. The van der Waals surface area contributed by atoms with Gasteiger partial charge in [0.15, 0.2) is 0 Å². The largest absolute Gasteiger partial charge is 0.332 e. The highest BCUT2D eigenvalue weighted by molar-refractivity contribution is 7.99. The normalized spacial score (nSPS) is 24.2. The minimum absolute atomic E-state index is 0.131. The van der Waals surface area contributed by atoms with Crippen LogP contribution in [0.2, 0.25) is 0 Å². The molecule has 2 aliphatic heterocycles. The molecular formula is C15H23N3OS2. The van der Waals surface area contributed by atoms with E-state index in [0.29, 0.717) is 11.7 Å². The second-order valence-electron chi connectivity index (χ2n) is 5.84. The molecule has 1 aromatic rings. The average Bonchev–Trinajstić information content (AvgIpc) is 3.07. The first kappa shape index (κ1) is 15.3. The summed E-state index contributed by atoms with van der Waals surface area (Å²) in [5.74, 6) is 2.35. The number of hydrogen-bond acceptors (Lipinski definition) is 5. The summed E-state index contributed by atoms with van der Waals surface area (Å²) in [6.07, 6.45) is 3.70. The lowest BCUT2D eigenvalue weighted by molar-refractivity contribution is 0.0661. The van der Waals surface area contributed by atoms with Crippen molar-refractivity contribution in [3.05, 3.63) is 16.1 Å². The van der Waals surface area contributed by atoms with Gasteiger partial charge in [-0.05, 0) is 45.0 Å². The van der Waals surface area contributed by atoms with Crippen molar-refractivity contribution in [2.45, 2.75) is 32.2 Å². The highest BCUT2D eigenvalue weighted by atomic mass is 32.2. The van der Waals surface area contributed by atoms with Gasteiger partial charge < -0.3 is 9.80 Å². The van der Waals surface area contributed by atoms with Crippen molar-refractivity contribution in [3.8, 4) is 0 Å². The van der Waals surface area contributed by atoms with Crippen molar-refractivity contribution < 1.29 is 4.79 Å². The Morgan fingerprint density at radius 2 is 2.14 bits per heavy atom. The molecule has 6 heteroatoms. The maximum absolute atomic E-state index is 12.8. The molecule has 3 heterocycles. The third-order valence-corrected chi connectivity index (χ3v) is 6.18. The quantitative estimate of drug-likeness (QED) is 0.855. The zero-order chi connectivity index (χ0) is 14.7. The van der Waals surface area contributed by atoms with E-state index in [4.69, 9.17) is 0 Å². The molecule has 3 rings (SSSR count). The summed E-state index contributed by atoms with van der Waals surface area (Å²) in [5, 5.41) is 2.88. The number of thioether (sulfide) groups is 1. The molecule has 1 unspecified atom stereocenters. The summed E-state index contributed by atoms with van der Waals surface area (Å²) in [7, 11) is 0. The maximum atomic E-state index is 12.8. The molecule has 0 radical (unpaired) electrons. The van der Waals surface area contributed by atoms with Gasteiger partial charge >= 0.3 is 0 Å². The van der Waals surface area contributed by atoms with E-state index >= 15 is 0 Å². The Balaban J connectivity index is 1.72. The molecule has 0 saturated carbocycles. The first-order valence-corrected chi connectivity index (χ1v) is 9.80. The Morgan fingerprint density at radius 1 is 1.33 bits per heavy atom. The molecular weight excluding hydrogens is 302 g/mol. The van der Waals surface area contributed by atoms with Crippen LogP contribution < -0.4 is 0 Å². The molecule has 2 fully saturated rings. The summed E-state index contributed by atoms with van der Waals surface area (Å²) in [5.41, 5.74) is 0.635. The zero-order valence-electron chi connectivity index (χ0n) is 12.6. The highest BCUT2D eigenvalue weighted by Gasteiger charge is 2.29. The van der Waals surface area contributed by atoms with Crippen LogP contribution in [0.1, 0.15) is 34.8 Å². The van der Waals surface area contributed by atoms with Crippen LogP contribution in [0.4, 0.5) is 0 Å². The molecule has 21 heavy (non-hydrogen) atoms. The van der Waals surface area contributed by atoms with Crippen molar-refractivity contribution in [1.82, 2.24) is 14.8 Å². The lowest BCUT2D eigenvalue weighted by Gasteiger charge is -2.32. The molecule has 2 aliphatic rings. The summed E-state index contributed by atoms with van der Waals surface area (Å²) in [6, 6.07) is 0.338. The van der Waals surface area contributed by atoms with Crippen LogP contribution in [0.5, 0.6) is 0 Å². The average molecular weight is 326 g/mol. The topological polar surface area (TPSA) is 36.4 Å². The second kappa shape index (κ2) is 7.11. The van der Waals surface area contributed by atoms with Crippen LogP contribution in [-0.4, -0.2) is 64.4 Å². The van der Waals surface area contributed by atoms with E-state index in [1.54, 1.807) is 11.3 Å². The number of amides is 1. The number of hydrogen-bond donors (Lipinski definition) is 0. The second-order valence-corrected chi connectivity index (χ2v) is 8.05. The maximum Gasteiger partial charge on any atom is 0.273 e. The third kappa shape index (κ3) is 3.79. The van der Waals surface area contributed by atoms with Gasteiger partial charge in [0.05, 0.1) is 11.0 Å². The predicted molar refractivity (Wildman–Crippen MR) is 89.3 cm³/mol. The van der Waals surface area contributed by atoms with Gasteiger partial charge in [-0.15, -0.1) is 11.3 Å². The van der Waals surface area contributed by atoms with Gasteiger partial charge in [-0.25, -0.2) is 4.98 Å². The number of carbonyl (C=O) groups excluding carboxylic acids is 1. The van der Waals surface area contributed by atoms with E-state index in [1.807, 2.05) is 24.1 Å². The summed E-state index contributed by atoms with van der Waals surface area (Å²) in [4.78, 5) is 21.8. The smallest absolute Gasteiger partial charge is 0.273 e. The van der Waals surface area contributed by atoms with E-state index in [2.05, 4.69) is 14.8 Å². The minimum atomic E-state index is 0.131. The fourth-order valence-corrected chi connectivity index (χ4v) is 4.76. The summed E-state index contributed by atoms with van der Waals surface area (Å²) >= 11 is 3.55.